The first kappa shape index (κ1) is 13.7. The number of carboxylic acids is 2. The highest BCUT2D eigenvalue weighted by molar-refractivity contribution is 5.97. The monoisotopic (exact) mass is 275 g/mol. The van der Waals surface area contributed by atoms with Crippen LogP contribution in [0, 0.1) is 0 Å². The number of ether oxygens (including phenoxy) is 1. The molecule has 6 nitrogen and oxygen atoms in total. The minimum atomic E-state index is -1.16. The van der Waals surface area contributed by atoms with E-state index in [4.69, 9.17) is 4.74 Å². The number of hydrogen-bond donors (Lipinski definition) is 3. The summed E-state index contributed by atoms with van der Waals surface area (Å²) >= 11 is 0. The predicted molar refractivity (Wildman–Crippen MR) is 70.3 cm³/mol. The van der Waals surface area contributed by atoms with Gasteiger partial charge < -0.3 is 20.3 Å². The van der Waals surface area contributed by atoms with Gasteiger partial charge in [0, 0.05) is 12.4 Å². The summed E-state index contributed by atoms with van der Waals surface area (Å²) in [5, 5.41) is 21.0. The second kappa shape index (κ2) is 5.48. The molecule has 1 aliphatic heterocycles. The van der Waals surface area contributed by atoms with Gasteiger partial charge in [-0.1, -0.05) is 12.1 Å². The first-order valence-corrected chi connectivity index (χ1v) is 5.81. The summed E-state index contributed by atoms with van der Waals surface area (Å²) in [4.78, 5) is 22.6. The third kappa shape index (κ3) is 2.49. The van der Waals surface area contributed by atoms with E-state index in [-0.39, 0.29) is 11.1 Å². The molecule has 6 heteroatoms. The second-order valence-corrected chi connectivity index (χ2v) is 4.18. The normalized spacial score (nSPS) is 14.8. The van der Waals surface area contributed by atoms with Crippen molar-refractivity contribution in [2.24, 2.45) is 0 Å². The molecule has 0 atom stereocenters. The van der Waals surface area contributed by atoms with E-state index in [0.717, 1.165) is 0 Å². The molecule has 0 spiro atoms. The Morgan fingerprint density at radius 2 is 1.55 bits per heavy atom. The van der Waals surface area contributed by atoms with Crippen molar-refractivity contribution in [1.29, 1.82) is 0 Å². The number of dihydropyridines is 1. The topological polar surface area (TPSA) is 95.9 Å². The molecule has 0 aliphatic carbocycles. The lowest BCUT2D eigenvalue weighted by Crippen LogP contribution is -2.24. The average Bonchev–Trinajstić information content (AvgIpc) is 2.46. The van der Waals surface area contributed by atoms with E-state index in [1.165, 1.54) is 19.5 Å². The lowest BCUT2D eigenvalue weighted by Gasteiger charge is -2.22. The van der Waals surface area contributed by atoms with E-state index in [1.54, 1.807) is 24.3 Å². The molecule has 0 aromatic heterocycles. The molecule has 104 valence electrons. The molecule has 0 saturated heterocycles. The molecular weight excluding hydrogens is 262 g/mol. The smallest absolute Gasteiger partial charge is 0.334 e. The molecular formula is C14H13NO5. The SMILES string of the molecule is COc1ccc(C2C(C(=O)O)=CNC=C2C(=O)O)cc1. The average molecular weight is 275 g/mol. The number of benzene rings is 1. The van der Waals surface area contributed by atoms with Crippen molar-refractivity contribution in [3.05, 3.63) is 53.4 Å². The maximum absolute atomic E-state index is 11.3. The third-order valence-electron chi connectivity index (χ3n) is 3.04. The molecule has 0 unspecified atom stereocenters. The summed E-state index contributed by atoms with van der Waals surface area (Å²) in [5.41, 5.74) is 0.541. The highest BCUT2D eigenvalue weighted by Gasteiger charge is 2.32. The zero-order valence-electron chi connectivity index (χ0n) is 10.7. The van der Waals surface area contributed by atoms with Crippen LogP contribution < -0.4 is 10.1 Å². The summed E-state index contributed by atoms with van der Waals surface area (Å²) in [6.45, 7) is 0. The van der Waals surface area contributed by atoms with Crippen LogP contribution >= 0.6 is 0 Å². The Morgan fingerprint density at radius 1 is 1.05 bits per heavy atom. The number of carboxylic acid groups (broad SMARTS) is 2. The summed E-state index contributed by atoms with van der Waals surface area (Å²) in [5.74, 6) is -2.53. The van der Waals surface area contributed by atoms with Crippen LogP contribution in [0.3, 0.4) is 0 Å². The summed E-state index contributed by atoms with van der Waals surface area (Å²) < 4.78 is 5.03. The molecule has 1 aromatic rings. The van der Waals surface area contributed by atoms with Crippen LogP contribution in [-0.2, 0) is 9.59 Å². The van der Waals surface area contributed by atoms with Gasteiger partial charge in [0.1, 0.15) is 5.75 Å². The standard InChI is InChI=1S/C14H13NO5/c1-20-9-4-2-8(3-5-9)12-10(13(16)17)6-15-7-11(12)14(18)19/h2-7,12,15H,1H3,(H,16,17)(H,18,19). The molecule has 2 rings (SSSR count). The Hall–Kier alpha value is -2.76. The summed E-state index contributed by atoms with van der Waals surface area (Å²) in [6, 6.07) is 6.64. The lowest BCUT2D eigenvalue weighted by molar-refractivity contribution is -0.133. The number of methoxy groups -OCH3 is 1. The van der Waals surface area contributed by atoms with E-state index in [1.807, 2.05) is 0 Å². The molecule has 0 saturated carbocycles. The fourth-order valence-electron chi connectivity index (χ4n) is 2.08. The van der Waals surface area contributed by atoms with Gasteiger partial charge in [0.2, 0.25) is 0 Å². The fourth-order valence-corrected chi connectivity index (χ4v) is 2.08. The van der Waals surface area contributed by atoms with Crippen LogP contribution in [0.5, 0.6) is 5.75 Å². The fraction of sp³-hybridized carbons (Fsp3) is 0.143. The van der Waals surface area contributed by atoms with Crippen molar-refractivity contribution in [3.8, 4) is 5.75 Å². The zero-order valence-corrected chi connectivity index (χ0v) is 10.7. The van der Waals surface area contributed by atoms with Crippen molar-refractivity contribution in [2.75, 3.05) is 7.11 Å². The van der Waals surface area contributed by atoms with Crippen molar-refractivity contribution in [2.45, 2.75) is 5.92 Å². The summed E-state index contributed by atoms with van der Waals surface area (Å²) in [6.07, 6.45) is 2.59. The van der Waals surface area contributed by atoms with Crippen LogP contribution in [0.4, 0.5) is 0 Å². The van der Waals surface area contributed by atoms with E-state index >= 15 is 0 Å². The van der Waals surface area contributed by atoms with Gasteiger partial charge in [-0.3, -0.25) is 0 Å². The molecule has 20 heavy (non-hydrogen) atoms. The lowest BCUT2D eigenvalue weighted by atomic mass is 9.84. The molecule has 3 N–H and O–H groups in total. The Kier molecular flexibility index (Phi) is 3.74. The largest absolute Gasteiger partial charge is 0.497 e. The van der Waals surface area contributed by atoms with Crippen molar-refractivity contribution < 1.29 is 24.5 Å². The van der Waals surface area contributed by atoms with E-state index in [2.05, 4.69) is 5.32 Å². The minimum absolute atomic E-state index is 0.0185. The third-order valence-corrected chi connectivity index (χ3v) is 3.04. The van der Waals surface area contributed by atoms with Gasteiger partial charge in [-0.2, -0.15) is 0 Å². The van der Waals surface area contributed by atoms with Crippen molar-refractivity contribution >= 4 is 11.9 Å². The Bertz CT molecular complexity index is 570. The number of aliphatic carboxylic acids is 2. The van der Waals surface area contributed by atoms with Crippen LogP contribution in [0.15, 0.2) is 47.8 Å². The maximum Gasteiger partial charge on any atom is 0.334 e. The molecule has 0 radical (unpaired) electrons. The van der Waals surface area contributed by atoms with Crippen molar-refractivity contribution in [1.82, 2.24) is 5.32 Å². The number of hydrogen-bond acceptors (Lipinski definition) is 4. The van der Waals surface area contributed by atoms with E-state index in [9.17, 15) is 19.8 Å². The maximum atomic E-state index is 11.3. The van der Waals surface area contributed by atoms with Crippen LogP contribution in [-0.4, -0.2) is 29.3 Å². The van der Waals surface area contributed by atoms with Crippen molar-refractivity contribution in [3.63, 3.8) is 0 Å². The van der Waals surface area contributed by atoms with Gasteiger partial charge in [-0.05, 0) is 17.7 Å². The van der Waals surface area contributed by atoms with Gasteiger partial charge in [0.05, 0.1) is 24.2 Å². The Morgan fingerprint density at radius 3 is 1.95 bits per heavy atom. The Balaban J connectivity index is 2.47. The van der Waals surface area contributed by atoms with Crippen LogP contribution in [0.25, 0.3) is 0 Å². The van der Waals surface area contributed by atoms with Crippen LogP contribution in [0.2, 0.25) is 0 Å². The first-order valence-electron chi connectivity index (χ1n) is 5.81. The predicted octanol–water partition coefficient (Wildman–Crippen LogP) is 1.32. The summed E-state index contributed by atoms with van der Waals surface area (Å²) in [7, 11) is 1.52. The molecule has 0 fully saturated rings. The second-order valence-electron chi connectivity index (χ2n) is 4.18. The molecule has 0 amide bonds. The number of nitrogens with one attached hydrogen (secondary N) is 1. The molecule has 0 bridgehead atoms. The van der Waals surface area contributed by atoms with Gasteiger partial charge in [0.25, 0.3) is 0 Å². The Labute approximate surface area is 115 Å². The highest BCUT2D eigenvalue weighted by atomic mass is 16.5. The minimum Gasteiger partial charge on any atom is -0.497 e. The first-order chi connectivity index (χ1) is 9.54. The van der Waals surface area contributed by atoms with E-state index in [0.29, 0.717) is 11.3 Å². The highest BCUT2D eigenvalue weighted by Crippen LogP contribution is 2.34. The molecule has 1 aliphatic rings. The number of carbonyl (C=O) groups is 2. The van der Waals surface area contributed by atoms with E-state index < -0.39 is 17.9 Å². The van der Waals surface area contributed by atoms with Crippen LogP contribution in [0.1, 0.15) is 11.5 Å². The van der Waals surface area contributed by atoms with Gasteiger partial charge >= 0.3 is 11.9 Å². The quantitative estimate of drug-likeness (QED) is 0.767. The van der Waals surface area contributed by atoms with Gasteiger partial charge in [-0.25, -0.2) is 9.59 Å². The molecule has 1 aromatic carbocycles. The zero-order chi connectivity index (χ0) is 14.7. The molecule has 1 heterocycles. The van der Waals surface area contributed by atoms with Gasteiger partial charge in [0.15, 0.2) is 0 Å². The van der Waals surface area contributed by atoms with Gasteiger partial charge in [-0.15, -0.1) is 0 Å². The number of rotatable bonds is 4.